The molecule has 1 aromatic heterocycles. The molecule has 0 saturated heterocycles. The van der Waals surface area contributed by atoms with E-state index in [9.17, 15) is 18.8 Å². The summed E-state index contributed by atoms with van der Waals surface area (Å²) in [6, 6.07) is 5.80. The fraction of sp³-hybridized carbons (Fsp3) is 0.353. The summed E-state index contributed by atoms with van der Waals surface area (Å²) < 4.78 is 15.0. The van der Waals surface area contributed by atoms with Crippen molar-refractivity contribution in [3.05, 3.63) is 62.0 Å². The van der Waals surface area contributed by atoms with E-state index in [1.165, 1.54) is 26.2 Å². The molecule has 1 heterocycles. The van der Waals surface area contributed by atoms with Gasteiger partial charge in [-0.1, -0.05) is 12.1 Å². The van der Waals surface area contributed by atoms with Gasteiger partial charge in [0.1, 0.15) is 17.2 Å². The molecule has 0 bridgehead atoms. The van der Waals surface area contributed by atoms with E-state index >= 15 is 0 Å². The van der Waals surface area contributed by atoms with Crippen LogP contribution in [0.2, 0.25) is 0 Å². The van der Waals surface area contributed by atoms with Gasteiger partial charge in [0.2, 0.25) is 0 Å². The third kappa shape index (κ3) is 3.53. The number of benzene rings is 1. The van der Waals surface area contributed by atoms with Gasteiger partial charge in [-0.3, -0.25) is 23.6 Å². The molecule has 7 nitrogen and oxygen atoms in total. The predicted octanol–water partition coefficient (Wildman–Crippen LogP) is 0.681. The lowest BCUT2D eigenvalue weighted by molar-refractivity contribution is 0.0922. The highest BCUT2D eigenvalue weighted by Gasteiger charge is 2.23. The van der Waals surface area contributed by atoms with Crippen molar-refractivity contribution in [2.45, 2.75) is 13.0 Å². The van der Waals surface area contributed by atoms with Gasteiger partial charge in [0.25, 0.3) is 5.56 Å². The quantitative estimate of drug-likeness (QED) is 0.803. The van der Waals surface area contributed by atoms with Crippen LogP contribution in [-0.2, 0) is 14.1 Å². The summed E-state index contributed by atoms with van der Waals surface area (Å²) in [7, 11) is 4.42. The van der Waals surface area contributed by atoms with Crippen LogP contribution in [0.5, 0.6) is 0 Å². The summed E-state index contributed by atoms with van der Waals surface area (Å²) in [5.41, 5.74) is 5.12. The molecule has 0 fully saturated rings. The molecule has 1 atom stereocenters. The number of carbonyl (C=O) groups excluding carboxylic acids is 1. The lowest BCUT2D eigenvalue weighted by atomic mass is 10.1. The van der Waals surface area contributed by atoms with Crippen molar-refractivity contribution >= 4 is 11.6 Å². The van der Waals surface area contributed by atoms with E-state index in [0.717, 1.165) is 14.7 Å². The fourth-order valence-electron chi connectivity index (χ4n) is 2.56. The SMILES string of the molecule is C[C@H](c1ccc(F)cc1)N(C)CC(=O)c1c(N)n(C)c(=O)n(C)c1=O. The Morgan fingerprint density at radius 3 is 2.32 bits per heavy atom. The third-order valence-corrected chi connectivity index (χ3v) is 4.40. The van der Waals surface area contributed by atoms with Crippen LogP contribution in [0.15, 0.2) is 33.9 Å². The fourth-order valence-corrected chi connectivity index (χ4v) is 2.56. The lowest BCUT2D eigenvalue weighted by Gasteiger charge is -2.24. The molecule has 2 rings (SSSR count). The van der Waals surface area contributed by atoms with Crippen LogP contribution >= 0.6 is 0 Å². The summed E-state index contributed by atoms with van der Waals surface area (Å²) in [5.74, 6) is -0.970. The van der Waals surface area contributed by atoms with Gasteiger partial charge in [0.15, 0.2) is 5.78 Å². The van der Waals surface area contributed by atoms with E-state index in [1.807, 2.05) is 6.92 Å². The van der Waals surface area contributed by atoms with Crippen LogP contribution in [0.25, 0.3) is 0 Å². The number of nitrogen functional groups attached to an aromatic ring is 1. The summed E-state index contributed by atoms with van der Waals surface area (Å²) >= 11 is 0. The normalized spacial score (nSPS) is 12.4. The number of rotatable bonds is 5. The molecule has 0 aliphatic heterocycles. The number of hydrogen-bond acceptors (Lipinski definition) is 5. The zero-order valence-corrected chi connectivity index (χ0v) is 14.6. The Hall–Kier alpha value is -2.74. The number of likely N-dealkylation sites (N-methyl/N-ethyl adjacent to an activating group) is 1. The second-order valence-electron chi connectivity index (χ2n) is 6.03. The maximum atomic E-state index is 13.0. The topological polar surface area (TPSA) is 90.3 Å². The van der Waals surface area contributed by atoms with Gasteiger partial charge in [-0.15, -0.1) is 0 Å². The van der Waals surface area contributed by atoms with E-state index in [4.69, 9.17) is 5.73 Å². The number of aromatic nitrogens is 2. The molecule has 0 spiro atoms. The highest BCUT2D eigenvalue weighted by Crippen LogP contribution is 2.19. The van der Waals surface area contributed by atoms with Crippen LogP contribution in [0, 0.1) is 5.82 Å². The molecule has 134 valence electrons. The summed E-state index contributed by atoms with van der Waals surface area (Å²) in [5, 5.41) is 0. The summed E-state index contributed by atoms with van der Waals surface area (Å²) in [6.07, 6.45) is 0. The van der Waals surface area contributed by atoms with E-state index in [2.05, 4.69) is 0 Å². The molecule has 2 aromatic rings. The van der Waals surface area contributed by atoms with Gasteiger partial charge in [-0.25, -0.2) is 9.18 Å². The minimum atomic E-state index is -0.714. The number of carbonyl (C=O) groups is 1. The van der Waals surface area contributed by atoms with Crippen molar-refractivity contribution in [1.82, 2.24) is 14.0 Å². The van der Waals surface area contributed by atoms with Gasteiger partial charge in [0, 0.05) is 20.1 Å². The molecule has 0 unspecified atom stereocenters. The first-order valence-electron chi connectivity index (χ1n) is 7.69. The molecule has 8 heteroatoms. The van der Waals surface area contributed by atoms with Crippen molar-refractivity contribution < 1.29 is 9.18 Å². The minimum absolute atomic E-state index is 0.0732. The number of Topliss-reactive ketones (excluding diaryl/α,β-unsaturated/α-hetero) is 1. The van der Waals surface area contributed by atoms with Crippen LogP contribution in [-0.4, -0.2) is 33.4 Å². The van der Waals surface area contributed by atoms with Gasteiger partial charge >= 0.3 is 5.69 Å². The highest BCUT2D eigenvalue weighted by molar-refractivity contribution is 6.01. The van der Waals surface area contributed by atoms with Crippen LogP contribution in [0.4, 0.5) is 10.2 Å². The van der Waals surface area contributed by atoms with Gasteiger partial charge < -0.3 is 5.73 Å². The number of ketones is 1. The number of anilines is 1. The van der Waals surface area contributed by atoms with E-state index in [1.54, 1.807) is 24.1 Å². The first-order valence-corrected chi connectivity index (χ1v) is 7.69. The largest absolute Gasteiger partial charge is 0.384 e. The number of hydrogen-bond donors (Lipinski definition) is 1. The van der Waals surface area contributed by atoms with Crippen LogP contribution in [0.1, 0.15) is 28.9 Å². The molecule has 0 amide bonds. The second-order valence-corrected chi connectivity index (χ2v) is 6.03. The smallest absolute Gasteiger partial charge is 0.332 e. The molecule has 2 N–H and O–H groups in total. The Kier molecular flexibility index (Phi) is 5.22. The third-order valence-electron chi connectivity index (χ3n) is 4.40. The maximum Gasteiger partial charge on any atom is 0.332 e. The first-order chi connectivity index (χ1) is 11.6. The van der Waals surface area contributed by atoms with Crippen molar-refractivity contribution in [2.75, 3.05) is 19.3 Å². The van der Waals surface area contributed by atoms with Crippen molar-refractivity contribution in [2.24, 2.45) is 14.1 Å². The Bertz CT molecular complexity index is 915. The Morgan fingerprint density at radius 2 is 1.76 bits per heavy atom. The Morgan fingerprint density at radius 1 is 1.20 bits per heavy atom. The summed E-state index contributed by atoms with van der Waals surface area (Å²) in [4.78, 5) is 38.4. The van der Waals surface area contributed by atoms with Crippen LogP contribution < -0.4 is 17.0 Å². The highest BCUT2D eigenvalue weighted by atomic mass is 19.1. The first kappa shape index (κ1) is 18.6. The van der Waals surface area contributed by atoms with Crippen LogP contribution in [0.3, 0.4) is 0 Å². The molecule has 25 heavy (non-hydrogen) atoms. The molecular weight excluding hydrogens is 327 g/mol. The van der Waals surface area contributed by atoms with Gasteiger partial charge in [-0.2, -0.15) is 0 Å². The average Bonchev–Trinajstić information content (AvgIpc) is 2.58. The maximum absolute atomic E-state index is 13.0. The summed E-state index contributed by atoms with van der Waals surface area (Å²) in [6.45, 7) is 1.79. The van der Waals surface area contributed by atoms with Crippen molar-refractivity contribution in [3.63, 3.8) is 0 Å². The molecule has 0 aliphatic rings. The van der Waals surface area contributed by atoms with E-state index < -0.39 is 17.0 Å². The molecular formula is C17H21FN4O3. The van der Waals surface area contributed by atoms with Crippen molar-refractivity contribution in [3.8, 4) is 0 Å². The monoisotopic (exact) mass is 348 g/mol. The van der Waals surface area contributed by atoms with Gasteiger partial charge in [-0.05, 0) is 31.7 Å². The minimum Gasteiger partial charge on any atom is -0.384 e. The average molecular weight is 348 g/mol. The number of halogens is 1. The predicted molar refractivity (Wildman–Crippen MR) is 93.1 cm³/mol. The molecule has 0 radical (unpaired) electrons. The zero-order chi connectivity index (χ0) is 18.9. The molecule has 1 aromatic carbocycles. The van der Waals surface area contributed by atoms with E-state index in [-0.39, 0.29) is 29.8 Å². The standard InChI is InChI=1S/C17H21FN4O3/c1-10(11-5-7-12(18)8-6-11)20(2)9-13(23)14-15(19)21(3)17(25)22(4)16(14)24/h5-8,10H,9,19H2,1-4H3/t10-/m1/s1. The Labute approximate surface area is 144 Å². The van der Waals surface area contributed by atoms with Crippen molar-refractivity contribution in [1.29, 1.82) is 0 Å². The number of nitrogens with two attached hydrogens (primary N) is 1. The zero-order valence-electron chi connectivity index (χ0n) is 14.6. The lowest BCUT2D eigenvalue weighted by Crippen LogP contribution is -2.43. The van der Waals surface area contributed by atoms with E-state index in [0.29, 0.717) is 0 Å². The van der Waals surface area contributed by atoms with Gasteiger partial charge in [0.05, 0.1) is 6.54 Å². The molecule has 0 saturated carbocycles. The second kappa shape index (κ2) is 7.02. The Balaban J connectivity index is 2.29. The number of nitrogens with zero attached hydrogens (tertiary/aromatic N) is 3. The molecule has 0 aliphatic carbocycles.